The highest BCUT2D eigenvalue weighted by Crippen LogP contribution is 2.41. The van der Waals surface area contributed by atoms with Crippen LogP contribution in [0.1, 0.15) is 48.1 Å². The number of nitrogens with zero attached hydrogens (tertiary/aromatic N) is 3. The predicted octanol–water partition coefficient (Wildman–Crippen LogP) is 3.54. The van der Waals surface area contributed by atoms with E-state index < -0.39 is 5.54 Å². The molecule has 3 saturated heterocycles. The Bertz CT molecular complexity index is 1050. The topological polar surface area (TPSA) is 74.8 Å². The summed E-state index contributed by atoms with van der Waals surface area (Å²) in [6, 6.07) is 11.9. The van der Waals surface area contributed by atoms with E-state index in [4.69, 9.17) is 4.74 Å². The van der Waals surface area contributed by atoms with Crippen LogP contribution < -0.4 is 5.32 Å². The minimum absolute atomic E-state index is 0.0109. The lowest BCUT2D eigenvalue weighted by Crippen LogP contribution is -2.54. The lowest BCUT2D eigenvalue weighted by molar-refractivity contribution is -0.135. The zero-order valence-corrected chi connectivity index (χ0v) is 20.1. The molecule has 0 saturated carbocycles. The van der Waals surface area contributed by atoms with Crippen molar-refractivity contribution in [1.82, 2.24) is 20.1 Å². The monoisotopic (exact) mass is 462 g/mol. The first-order valence-electron chi connectivity index (χ1n) is 12.4. The summed E-state index contributed by atoms with van der Waals surface area (Å²) in [4.78, 5) is 35.4. The first-order valence-corrected chi connectivity index (χ1v) is 12.4. The fourth-order valence-corrected chi connectivity index (χ4v) is 5.74. The molecule has 5 rings (SSSR count). The van der Waals surface area contributed by atoms with Crippen LogP contribution in [-0.2, 0) is 21.6 Å². The van der Waals surface area contributed by atoms with Gasteiger partial charge in [-0.3, -0.25) is 19.6 Å². The molecule has 0 spiro atoms. The molecule has 2 aromatic rings. The van der Waals surface area contributed by atoms with E-state index in [-0.39, 0.29) is 24.0 Å². The summed E-state index contributed by atoms with van der Waals surface area (Å²) < 4.78 is 5.72. The van der Waals surface area contributed by atoms with E-state index in [2.05, 4.69) is 47.2 Å². The Balaban J connectivity index is 1.36. The molecule has 3 aliphatic heterocycles. The molecule has 3 amide bonds. The fourth-order valence-electron chi connectivity index (χ4n) is 5.74. The average molecular weight is 463 g/mol. The SMILES string of the molecule is Cc1ccc(C)c(CN2CCC([C@]3(c4ccccn4)NC(=O)N(C[C@@H]4CCCO4)C3=O)CC2)c1. The highest BCUT2D eigenvalue weighted by Gasteiger charge is 2.58. The molecule has 0 radical (unpaired) electrons. The van der Waals surface area contributed by atoms with E-state index in [0.29, 0.717) is 18.8 Å². The molecular weight excluding hydrogens is 428 g/mol. The quantitative estimate of drug-likeness (QED) is 0.665. The molecule has 0 aliphatic carbocycles. The molecule has 7 heteroatoms. The van der Waals surface area contributed by atoms with Gasteiger partial charge >= 0.3 is 6.03 Å². The van der Waals surface area contributed by atoms with Crippen LogP contribution in [0.4, 0.5) is 4.79 Å². The van der Waals surface area contributed by atoms with Crippen LogP contribution in [0.5, 0.6) is 0 Å². The van der Waals surface area contributed by atoms with Crippen molar-refractivity contribution in [3.63, 3.8) is 0 Å². The Morgan fingerprint density at radius 1 is 1.12 bits per heavy atom. The van der Waals surface area contributed by atoms with E-state index in [1.807, 2.05) is 18.2 Å². The Labute approximate surface area is 201 Å². The lowest BCUT2D eigenvalue weighted by atomic mass is 9.75. The van der Waals surface area contributed by atoms with Gasteiger partial charge in [-0.15, -0.1) is 0 Å². The van der Waals surface area contributed by atoms with Gasteiger partial charge in [0, 0.05) is 19.3 Å². The van der Waals surface area contributed by atoms with Crippen LogP contribution in [0.25, 0.3) is 0 Å². The molecule has 34 heavy (non-hydrogen) atoms. The second kappa shape index (κ2) is 9.47. The third-order valence-electron chi connectivity index (χ3n) is 7.71. The van der Waals surface area contributed by atoms with Crippen molar-refractivity contribution in [2.45, 2.75) is 57.7 Å². The number of pyridine rings is 1. The number of benzene rings is 1. The number of likely N-dealkylation sites (tertiary alicyclic amines) is 1. The summed E-state index contributed by atoms with van der Waals surface area (Å²) in [6.45, 7) is 7.95. The van der Waals surface area contributed by atoms with Gasteiger partial charge in [0.1, 0.15) is 0 Å². The van der Waals surface area contributed by atoms with Crippen LogP contribution >= 0.6 is 0 Å². The van der Waals surface area contributed by atoms with Gasteiger partial charge in [0.25, 0.3) is 5.91 Å². The summed E-state index contributed by atoms with van der Waals surface area (Å²) in [5.74, 6) is -0.192. The van der Waals surface area contributed by atoms with Crippen molar-refractivity contribution in [3.05, 3.63) is 65.0 Å². The summed E-state index contributed by atoms with van der Waals surface area (Å²) in [7, 11) is 0. The molecule has 2 atom stereocenters. The standard InChI is InChI=1S/C27H34N4O3/c1-19-8-9-20(2)21(16-19)17-30-13-10-22(11-14-30)27(24-7-3-4-12-28-24)25(32)31(26(33)29-27)18-23-6-5-15-34-23/h3-4,7-9,12,16,22-23H,5-6,10-11,13-15,17-18H2,1-2H3,(H,29,33)/t23-,27+/m0/s1. The Morgan fingerprint density at radius 2 is 1.94 bits per heavy atom. The summed E-state index contributed by atoms with van der Waals surface area (Å²) >= 11 is 0. The van der Waals surface area contributed by atoms with Crippen molar-refractivity contribution in [1.29, 1.82) is 0 Å². The molecule has 0 bridgehead atoms. The highest BCUT2D eigenvalue weighted by molar-refractivity contribution is 6.07. The molecule has 1 aromatic heterocycles. The van der Waals surface area contributed by atoms with Gasteiger partial charge in [0.05, 0.1) is 18.3 Å². The number of carbonyl (C=O) groups is 2. The first kappa shape index (κ1) is 23.0. The largest absolute Gasteiger partial charge is 0.376 e. The molecule has 3 aliphatic rings. The zero-order chi connectivity index (χ0) is 23.7. The Hall–Kier alpha value is -2.77. The van der Waals surface area contributed by atoms with Gasteiger partial charge in [0.15, 0.2) is 5.54 Å². The molecule has 0 unspecified atom stereocenters. The van der Waals surface area contributed by atoms with Crippen LogP contribution in [0.3, 0.4) is 0 Å². The maximum atomic E-state index is 13.9. The molecule has 7 nitrogen and oxygen atoms in total. The van der Waals surface area contributed by atoms with E-state index in [1.165, 1.54) is 21.6 Å². The number of imide groups is 1. The number of nitrogens with one attached hydrogen (secondary N) is 1. The molecule has 1 N–H and O–H groups in total. The maximum absolute atomic E-state index is 13.9. The number of amides is 3. The number of urea groups is 1. The second-order valence-electron chi connectivity index (χ2n) is 9.98. The normalized spacial score (nSPS) is 26.3. The van der Waals surface area contributed by atoms with E-state index in [1.54, 1.807) is 6.20 Å². The summed E-state index contributed by atoms with van der Waals surface area (Å²) in [6.07, 6.45) is 5.12. The minimum atomic E-state index is -1.11. The second-order valence-corrected chi connectivity index (χ2v) is 9.98. The van der Waals surface area contributed by atoms with Gasteiger partial charge in [-0.05, 0) is 81.8 Å². The number of ether oxygens (including phenoxy) is 1. The molecule has 4 heterocycles. The molecular formula is C27H34N4O3. The minimum Gasteiger partial charge on any atom is -0.376 e. The van der Waals surface area contributed by atoms with Crippen molar-refractivity contribution in [3.8, 4) is 0 Å². The summed E-state index contributed by atoms with van der Waals surface area (Å²) in [5, 5.41) is 3.11. The van der Waals surface area contributed by atoms with Crippen molar-refractivity contribution in [2.75, 3.05) is 26.2 Å². The van der Waals surface area contributed by atoms with Gasteiger partial charge in [-0.2, -0.15) is 0 Å². The van der Waals surface area contributed by atoms with Gasteiger partial charge in [0.2, 0.25) is 0 Å². The predicted molar refractivity (Wildman–Crippen MR) is 129 cm³/mol. The third kappa shape index (κ3) is 4.23. The Morgan fingerprint density at radius 3 is 2.65 bits per heavy atom. The number of aromatic nitrogens is 1. The molecule has 180 valence electrons. The number of carbonyl (C=O) groups excluding carboxylic acids is 2. The highest BCUT2D eigenvalue weighted by atomic mass is 16.5. The summed E-state index contributed by atoms with van der Waals surface area (Å²) in [5.41, 5.74) is 3.46. The van der Waals surface area contributed by atoms with E-state index in [9.17, 15) is 9.59 Å². The maximum Gasteiger partial charge on any atom is 0.325 e. The van der Waals surface area contributed by atoms with Crippen LogP contribution in [0.15, 0.2) is 42.6 Å². The Kier molecular flexibility index (Phi) is 6.40. The molecule has 1 aromatic carbocycles. The van der Waals surface area contributed by atoms with E-state index in [0.717, 1.165) is 45.3 Å². The first-order chi connectivity index (χ1) is 16.5. The lowest BCUT2D eigenvalue weighted by Gasteiger charge is -2.40. The fraction of sp³-hybridized carbons (Fsp3) is 0.519. The van der Waals surface area contributed by atoms with E-state index >= 15 is 0 Å². The van der Waals surface area contributed by atoms with Gasteiger partial charge in [-0.1, -0.05) is 29.8 Å². The zero-order valence-electron chi connectivity index (χ0n) is 20.1. The van der Waals surface area contributed by atoms with Crippen molar-refractivity contribution in [2.24, 2.45) is 5.92 Å². The number of hydrogen-bond donors (Lipinski definition) is 1. The average Bonchev–Trinajstić information content (AvgIpc) is 3.45. The smallest absolute Gasteiger partial charge is 0.325 e. The van der Waals surface area contributed by atoms with Crippen molar-refractivity contribution < 1.29 is 14.3 Å². The number of rotatable bonds is 6. The third-order valence-corrected chi connectivity index (χ3v) is 7.71. The van der Waals surface area contributed by atoms with Crippen molar-refractivity contribution >= 4 is 11.9 Å². The molecule has 3 fully saturated rings. The van der Waals surface area contributed by atoms with Gasteiger partial charge in [-0.25, -0.2) is 4.79 Å². The number of piperidine rings is 1. The van der Waals surface area contributed by atoms with Gasteiger partial charge < -0.3 is 10.1 Å². The van der Waals surface area contributed by atoms with Crippen LogP contribution in [0.2, 0.25) is 0 Å². The van der Waals surface area contributed by atoms with Crippen LogP contribution in [-0.4, -0.2) is 59.1 Å². The van der Waals surface area contributed by atoms with Crippen LogP contribution in [0, 0.1) is 19.8 Å². The number of aryl methyl sites for hydroxylation is 2. The number of hydrogen-bond acceptors (Lipinski definition) is 5.